The van der Waals surface area contributed by atoms with Crippen molar-refractivity contribution >= 4 is 28.2 Å². The number of aromatic hydroxyl groups is 1. The first-order valence-corrected chi connectivity index (χ1v) is 9.16. The van der Waals surface area contributed by atoms with E-state index in [0.29, 0.717) is 5.75 Å². The van der Waals surface area contributed by atoms with Gasteiger partial charge in [-0.15, -0.1) is 0 Å². The molecule has 26 heavy (non-hydrogen) atoms. The molecule has 130 valence electrons. The highest BCUT2D eigenvalue weighted by molar-refractivity contribution is 6.09. The predicted molar refractivity (Wildman–Crippen MR) is 110 cm³/mol. The summed E-state index contributed by atoms with van der Waals surface area (Å²) in [6.45, 7) is 7.76. The average Bonchev–Trinajstić information content (AvgIpc) is 2.87. The van der Waals surface area contributed by atoms with Gasteiger partial charge in [0.1, 0.15) is 12.3 Å². The Morgan fingerprint density at radius 3 is 2.38 bits per heavy atom. The third-order valence-electron chi connectivity index (χ3n) is 5.40. The number of allylic oxidation sites excluding steroid dienone is 1. The molecule has 1 N–H and O–H groups in total. The molecule has 3 aromatic rings. The maximum absolute atomic E-state index is 9.48. The van der Waals surface area contributed by atoms with Crippen molar-refractivity contribution in [2.24, 2.45) is 0 Å². The lowest BCUT2D eigenvalue weighted by Gasteiger charge is -2.17. The zero-order valence-corrected chi connectivity index (χ0v) is 15.5. The van der Waals surface area contributed by atoms with Crippen LogP contribution in [0.1, 0.15) is 31.9 Å². The van der Waals surface area contributed by atoms with Crippen molar-refractivity contribution in [3.05, 3.63) is 77.9 Å². The van der Waals surface area contributed by atoms with E-state index in [0.717, 1.165) is 12.1 Å². The molecule has 0 bridgehead atoms. The van der Waals surface area contributed by atoms with Gasteiger partial charge in [-0.2, -0.15) is 4.58 Å². The number of benzene rings is 3. The molecular weight excluding hydrogens is 318 g/mol. The topological polar surface area (TPSA) is 23.2 Å². The third kappa shape index (κ3) is 2.53. The number of fused-ring (bicyclic) bond motifs is 3. The van der Waals surface area contributed by atoms with Crippen molar-refractivity contribution in [2.45, 2.75) is 26.2 Å². The van der Waals surface area contributed by atoms with E-state index in [-0.39, 0.29) is 5.41 Å². The van der Waals surface area contributed by atoms with Crippen LogP contribution in [0.15, 0.2) is 66.7 Å². The standard InChI is InChI=1S/C24H23NO/c1-4-25-21-15-12-18-7-5-6-8-20(18)23(21)24(2,3)22(25)16-11-17-9-13-19(26)14-10-17/h5-16H,4H2,1-3H3/p+1. The minimum atomic E-state index is -0.0698. The van der Waals surface area contributed by atoms with Crippen LogP contribution >= 0.6 is 0 Å². The summed E-state index contributed by atoms with van der Waals surface area (Å²) in [5.41, 5.74) is 5.03. The second-order valence-electron chi connectivity index (χ2n) is 7.36. The van der Waals surface area contributed by atoms with Crippen molar-refractivity contribution in [2.75, 3.05) is 6.54 Å². The van der Waals surface area contributed by atoms with Crippen LogP contribution in [0.3, 0.4) is 0 Å². The van der Waals surface area contributed by atoms with E-state index >= 15 is 0 Å². The van der Waals surface area contributed by atoms with Gasteiger partial charge in [-0.3, -0.25) is 0 Å². The molecule has 0 saturated heterocycles. The number of phenolic OH excluding ortho intramolecular Hbond substituents is 1. The minimum Gasteiger partial charge on any atom is -0.508 e. The SMILES string of the molecule is CC[N+]1=C(C=Cc2ccc(O)cc2)C(C)(C)c2c1ccc1ccccc21. The highest BCUT2D eigenvalue weighted by atomic mass is 16.3. The molecule has 0 aliphatic carbocycles. The van der Waals surface area contributed by atoms with Gasteiger partial charge in [0, 0.05) is 17.7 Å². The second kappa shape index (κ2) is 6.14. The molecule has 3 aromatic carbocycles. The third-order valence-corrected chi connectivity index (χ3v) is 5.40. The Kier molecular flexibility index (Phi) is 3.91. The number of hydrogen-bond donors (Lipinski definition) is 1. The molecule has 0 unspecified atom stereocenters. The molecule has 0 spiro atoms. The van der Waals surface area contributed by atoms with Gasteiger partial charge in [0.15, 0.2) is 5.71 Å². The smallest absolute Gasteiger partial charge is 0.210 e. The summed E-state index contributed by atoms with van der Waals surface area (Å²) in [4.78, 5) is 0. The molecule has 0 saturated carbocycles. The molecule has 2 heteroatoms. The van der Waals surface area contributed by atoms with Gasteiger partial charge < -0.3 is 5.11 Å². The van der Waals surface area contributed by atoms with Crippen LogP contribution in [-0.4, -0.2) is 21.9 Å². The van der Waals surface area contributed by atoms with Crippen LogP contribution in [0, 0.1) is 0 Å². The van der Waals surface area contributed by atoms with Crippen LogP contribution in [0.5, 0.6) is 5.75 Å². The maximum atomic E-state index is 9.48. The molecule has 0 amide bonds. The fourth-order valence-electron chi connectivity index (χ4n) is 4.14. The van der Waals surface area contributed by atoms with Crippen molar-refractivity contribution in [1.82, 2.24) is 0 Å². The van der Waals surface area contributed by atoms with Crippen molar-refractivity contribution < 1.29 is 9.68 Å². The van der Waals surface area contributed by atoms with Crippen LogP contribution in [0.2, 0.25) is 0 Å². The van der Waals surface area contributed by atoms with Crippen LogP contribution in [0.4, 0.5) is 5.69 Å². The molecule has 0 aromatic heterocycles. The Balaban J connectivity index is 1.86. The largest absolute Gasteiger partial charge is 0.508 e. The van der Waals surface area contributed by atoms with E-state index in [1.54, 1.807) is 12.1 Å². The highest BCUT2D eigenvalue weighted by Gasteiger charge is 2.44. The fraction of sp³-hybridized carbons (Fsp3) is 0.208. The van der Waals surface area contributed by atoms with Gasteiger partial charge in [0.05, 0.1) is 5.41 Å². The first-order valence-electron chi connectivity index (χ1n) is 9.16. The van der Waals surface area contributed by atoms with E-state index in [1.165, 1.54) is 27.7 Å². The van der Waals surface area contributed by atoms with Crippen LogP contribution in [-0.2, 0) is 5.41 Å². The van der Waals surface area contributed by atoms with Crippen LogP contribution in [0.25, 0.3) is 16.8 Å². The quantitative estimate of drug-likeness (QED) is 0.610. The molecule has 1 aliphatic heterocycles. The van der Waals surface area contributed by atoms with Crippen LogP contribution < -0.4 is 0 Å². The minimum absolute atomic E-state index is 0.0698. The lowest BCUT2D eigenvalue weighted by molar-refractivity contribution is -0.433. The van der Waals surface area contributed by atoms with Gasteiger partial charge in [0.2, 0.25) is 5.69 Å². The molecule has 0 atom stereocenters. The molecule has 4 rings (SSSR count). The van der Waals surface area contributed by atoms with E-state index in [4.69, 9.17) is 0 Å². The average molecular weight is 342 g/mol. The van der Waals surface area contributed by atoms with Gasteiger partial charge in [-0.25, -0.2) is 0 Å². The zero-order chi connectivity index (χ0) is 18.3. The van der Waals surface area contributed by atoms with E-state index in [2.05, 4.69) is 73.9 Å². The number of nitrogens with zero attached hydrogens (tertiary/aromatic N) is 1. The summed E-state index contributed by atoms with van der Waals surface area (Å²) in [5.74, 6) is 0.296. The maximum Gasteiger partial charge on any atom is 0.210 e. The summed E-state index contributed by atoms with van der Waals surface area (Å²) in [6.07, 6.45) is 4.36. The van der Waals surface area contributed by atoms with E-state index < -0.39 is 0 Å². The first-order chi connectivity index (χ1) is 12.5. The summed E-state index contributed by atoms with van der Waals surface area (Å²) < 4.78 is 2.42. The van der Waals surface area contributed by atoms with Crippen molar-refractivity contribution in [3.63, 3.8) is 0 Å². The zero-order valence-electron chi connectivity index (χ0n) is 15.5. The number of phenols is 1. The lowest BCUT2D eigenvalue weighted by atomic mass is 9.79. The normalized spacial score (nSPS) is 15.8. The van der Waals surface area contributed by atoms with Gasteiger partial charge in [-0.1, -0.05) is 36.4 Å². The first kappa shape index (κ1) is 16.6. The molecular formula is C24H24NO+. The Bertz CT molecular complexity index is 1040. The fourth-order valence-corrected chi connectivity index (χ4v) is 4.14. The molecule has 2 nitrogen and oxygen atoms in total. The Labute approximate surface area is 154 Å². The summed E-state index contributed by atoms with van der Waals surface area (Å²) in [5, 5.41) is 12.1. The van der Waals surface area contributed by atoms with E-state index in [1.807, 2.05) is 12.1 Å². The molecule has 1 heterocycles. The second-order valence-corrected chi connectivity index (χ2v) is 7.36. The summed E-state index contributed by atoms with van der Waals surface area (Å²) in [6, 6.07) is 20.4. The van der Waals surface area contributed by atoms with E-state index in [9.17, 15) is 5.11 Å². The van der Waals surface area contributed by atoms with Gasteiger partial charge in [-0.05, 0) is 61.4 Å². The monoisotopic (exact) mass is 342 g/mol. The Morgan fingerprint density at radius 1 is 0.923 bits per heavy atom. The summed E-state index contributed by atoms with van der Waals surface area (Å²) in [7, 11) is 0. The molecule has 1 aliphatic rings. The Morgan fingerprint density at radius 2 is 1.65 bits per heavy atom. The highest BCUT2D eigenvalue weighted by Crippen LogP contribution is 2.44. The molecule has 0 fully saturated rings. The van der Waals surface area contributed by atoms with Gasteiger partial charge >= 0.3 is 0 Å². The molecule has 0 radical (unpaired) electrons. The predicted octanol–water partition coefficient (Wildman–Crippen LogP) is 5.65. The lowest BCUT2D eigenvalue weighted by Crippen LogP contribution is -2.27. The van der Waals surface area contributed by atoms with Crippen molar-refractivity contribution in [1.29, 1.82) is 0 Å². The number of rotatable bonds is 3. The van der Waals surface area contributed by atoms with Crippen molar-refractivity contribution in [3.8, 4) is 5.75 Å². The summed E-state index contributed by atoms with van der Waals surface area (Å²) >= 11 is 0. The number of hydrogen-bond acceptors (Lipinski definition) is 1. The Hall–Kier alpha value is -2.87. The van der Waals surface area contributed by atoms with Gasteiger partial charge in [0.25, 0.3) is 0 Å².